The van der Waals surface area contributed by atoms with Crippen LogP contribution in [0, 0.1) is 30.3 Å². The Hall–Kier alpha value is -3.36. The molecule has 0 aromatic heterocycles. The maximum atomic E-state index is 11.0. The summed E-state index contributed by atoms with van der Waals surface area (Å²) < 4.78 is 0. The molecule has 2 aromatic rings. The number of nitrogens with zero attached hydrogens (tertiary/aromatic N) is 3. The van der Waals surface area contributed by atoms with Crippen LogP contribution in [0.4, 0.5) is 17.1 Å². The van der Waals surface area contributed by atoms with Crippen molar-refractivity contribution in [3.63, 3.8) is 0 Å². The Labute approximate surface area is 116 Å². The Morgan fingerprint density at radius 2 is 1.14 bits per heavy atom. The quantitative estimate of drug-likeness (QED) is 0.628. The van der Waals surface area contributed by atoms with E-state index in [2.05, 4.69) is 0 Å². The fraction of sp³-hybridized carbons (Fsp3) is 0. The second kappa shape index (κ2) is 5.33. The van der Waals surface area contributed by atoms with Crippen LogP contribution < -0.4 is 0 Å². The van der Waals surface area contributed by atoms with Crippen molar-refractivity contribution in [1.82, 2.24) is 0 Å². The second-order valence-corrected chi connectivity index (χ2v) is 3.99. The summed E-state index contributed by atoms with van der Waals surface area (Å²) in [6, 6.07) is 8.26. The van der Waals surface area contributed by atoms with E-state index in [0.717, 1.165) is 24.3 Å². The standard InChI is InChI=1S/C12H7N3O6/c16-13(17)9-6-4-8(5-7-9)12-10(14(18)19)2-1-3-11(12)15(20)21/h1-7H. The molecule has 0 aliphatic carbocycles. The van der Waals surface area contributed by atoms with Gasteiger partial charge in [-0.2, -0.15) is 0 Å². The first-order valence-electron chi connectivity index (χ1n) is 5.58. The molecule has 2 rings (SSSR count). The summed E-state index contributed by atoms with van der Waals surface area (Å²) in [4.78, 5) is 30.5. The van der Waals surface area contributed by atoms with E-state index < -0.39 is 26.1 Å². The highest BCUT2D eigenvalue weighted by Crippen LogP contribution is 2.38. The molecule has 106 valence electrons. The first-order valence-corrected chi connectivity index (χ1v) is 5.58. The van der Waals surface area contributed by atoms with Gasteiger partial charge < -0.3 is 0 Å². The predicted molar refractivity (Wildman–Crippen MR) is 71.8 cm³/mol. The third-order valence-electron chi connectivity index (χ3n) is 2.78. The monoisotopic (exact) mass is 289 g/mol. The molecule has 0 atom stereocenters. The summed E-state index contributed by atoms with van der Waals surface area (Å²) in [7, 11) is 0. The van der Waals surface area contributed by atoms with Crippen LogP contribution in [0.2, 0.25) is 0 Å². The SMILES string of the molecule is O=[N+]([O-])c1ccc(-c2c([N+](=O)[O-])cccc2[N+](=O)[O-])cc1. The minimum atomic E-state index is -0.732. The molecule has 0 N–H and O–H groups in total. The molecule has 0 fully saturated rings. The number of hydrogen-bond donors (Lipinski definition) is 0. The molecule has 0 heterocycles. The van der Waals surface area contributed by atoms with Gasteiger partial charge in [-0.3, -0.25) is 30.3 Å². The Morgan fingerprint density at radius 1 is 0.667 bits per heavy atom. The molecule has 0 unspecified atom stereocenters. The van der Waals surface area contributed by atoms with Crippen LogP contribution in [0.15, 0.2) is 42.5 Å². The molecular formula is C12H7N3O6. The lowest BCUT2D eigenvalue weighted by Gasteiger charge is -2.04. The van der Waals surface area contributed by atoms with E-state index >= 15 is 0 Å². The van der Waals surface area contributed by atoms with Gasteiger partial charge in [0.15, 0.2) is 0 Å². The van der Waals surface area contributed by atoms with E-state index in [0.29, 0.717) is 0 Å². The van der Waals surface area contributed by atoms with Gasteiger partial charge in [-0.25, -0.2) is 0 Å². The van der Waals surface area contributed by atoms with Crippen molar-refractivity contribution < 1.29 is 14.8 Å². The third kappa shape index (κ3) is 2.66. The lowest BCUT2D eigenvalue weighted by molar-refractivity contribution is -0.392. The highest BCUT2D eigenvalue weighted by Gasteiger charge is 2.26. The molecule has 0 radical (unpaired) electrons. The van der Waals surface area contributed by atoms with E-state index in [9.17, 15) is 30.3 Å². The average molecular weight is 289 g/mol. The molecule has 0 aliphatic heterocycles. The third-order valence-corrected chi connectivity index (χ3v) is 2.78. The maximum Gasteiger partial charge on any atom is 0.284 e. The number of non-ortho nitro benzene ring substituents is 1. The zero-order chi connectivity index (χ0) is 15.6. The minimum absolute atomic E-state index is 0.166. The maximum absolute atomic E-state index is 11.0. The summed E-state index contributed by atoms with van der Waals surface area (Å²) in [6.45, 7) is 0. The molecule has 0 aliphatic rings. The van der Waals surface area contributed by atoms with E-state index in [1.807, 2.05) is 0 Å². The lowest BCUT2D eigenvalue weighted by Crippen LogP contribution is -1.98. The van der Waals surface area contributed by atoms with Crippen molar-refractivity contribution in [2.24, 2.45) is 0 Å². The average Bonchev–Trinajstić information content (AvgIpc) is 2.46. The Bertz CT molecular complexity index is 709. The van der Waals surface area contributed by atoms with Crippen molar-refractivity contribution in [1.29, 1.82) is 0 Å². The lowest BCUT2D eigenvalue weighted by atomic mass is 10.0. The van der Waals surface area contributed by atoms with Crippen LogP contribution in [0.3, 0.4) is 0 Å². The summed E-state index contributed by atoms with van der Waals surface area (Å²) in [5, 5.41) is 32.6. The van der Waals surface area contributed by atoms with Crippen molar-refractivity contribution in [3.8, 4) is 11.1 Å². The first kappa shape index (κ1) is 14.1. The summed E-state index contributed by atoms with van der Waals surface area (Å²) in [5.41, 5.74) is -1.09. The van der Waals surface area contributed by atoms with Gasteiger partial charge in [0.05, 0.1) is 14.8 Å². The molecular weight excluding hydrogens is 282 g/mol. The summed E-state index contributed by atoms with van der Waals surface area (Å²) in [5.74, 6) is 0. The van der Waals surface area contributed by atoms with Gasteiger partial charge in [0.2, 0.25) is 0 Å². The van der Waals surface area contributed by atoms with Gasteiger partial charge in [0, 0.05) is 24.3 Å². The fourth-order valence-corrected chi connectivity index (χ4v) is 1.88. The van der Waals surface area contributed by atoms with Crippen LogP contribution in [0.5, 0.6) is 0 Å². The molecule has 0 bridgehead atoms. The van der Waals surface area contributed by atoms with Crippen LogP contribution in [0.1, 0.15) is 0 Å². The highest BCUT2D eigenvalue weighted by atomic mass is 16.6. The van der Waals surface area contributed by atoms with Crippen LogP contribution >= 0.6 is 0 Å². The summed E-state index contributed by atoms with van der Waals surface area (Å²) in [6.07, 6.45) is 0. The van der Waals surface area contributed by atoms with Gasteiger partial charge >= 0.3 is 0 Å². The van der Waals surface area contributed by atoms with Gasteiger partial charge in [0.1, 0.15) is 5.56 Å². The van der Waals surface area contributed by atoms with Crippen LogP contribution in [0.25, 0.3) is 11.1 Å². The Kier molecular flexibility index (Phi) is 3.57. The van der Waals surface area contributed by atoms with Crippen LogP contribution in [-0.4, -0.2) is 14.8 Å². The van der Waals surface area contributed by atoms with Gasteiger partial charge in [-0.05, 0) is 23.8 Å². The molecule has 2 aromatic carbocycles. The van der Waals surface area contributed by atoms with E-state index in [1.54, 1.807) is 0 Å². The van der Waals surface area contributed by atoms with Gasteiger partial charge in [0.25, 0.3) is 17.1 Å². The van der Waals surface area contributed by atoms with Crippen molar-refractivity contribution >= 4 is 17.1 Å². The van der Waals surface area contributed by atoms with E-state index in [1.165, 1.54) is 18.2 Å². The van der Waals surface area contributed by atoms with Crippen LogP contribution in [-0.2, 0) is 0 Å². The number of hydrogen-bond acceptors (Lipinski definition) is 6. The smallest absolute Gasteiger partial charge is 0.258 e. The second-order valence-electron chi connectivity index (χ2n) is 3.99. The normalized spacial score (nSPS) is 10.1. The Morgan fingerprint density at radius 3 is 1.52 bits per heavy atom. The fourth-order valence-electron chi connectivity index (χ4n) is 1.88. The van der Waals surface area contributed by atoms with E-state index in [-0.39, 0.29) is 16.8 Å². The van der Waals surface area contributed by atoms with Gasteiger partial charge in [-0.15, -0.1) is 0 Å². The number of benzene rings is 2. The minimum Gasteiger partial charge on any atom is -0.258 e. The number of rotatable bonds is 4. The topological polar surface area (TPSA) is 129 Å². The largest absolute Gasteiger partial charge is 0.284 e. The molecule has 0 amide bonds. The predicted octanol–water partition coefficient (Wildman–Crippen LogP) is 3.08. The van der Waals surface area contributed by atoms with Gasteiger partial charge in [-0.1, -0.05) is 0 Å². The highest BCUT2D eigenvalue weighted by molar-refractivity contribution is 5.82. The molecule has 0 spiro atoms. The zero-order valence-corrected chi connectivity index (χ0v) is 10.3. The zero-order valence-electron chi connectivity index (χ0n) is 10.3. The molecule has 0 saturated heterocycles. The summed E-state index contributed by atoms with van der Waals surface area (Å²) >= 11 is 0. The number of nitro benzene ring substituents is 3. The van der Waals surface area contributed by atoms with Crippen molar-refractivity contribution in [2.45, 2.75) is 0 Å². The molecule has 9 heteroatoms. The number of nitro groups is 3. The van der Waals surface area contributed by atoms with Crippen molar-refractivity contribution in [2.75, 3.05) is 0 Å². The van der Waals surface area contributed by atoms with Crippen molar-refractivity contribution in [3.05, 3.63) is 72.8 Å². The molecule has 21 heavy (non-hydrogen) atoms. The molecule has 0 saturated carbocycles. The first-order chi connectivity index (χ1) is 9.91. The Balaban J connectivity index is 2.68. The molecule has 9 nitrogen and oxygen atoms in total. The van der Waals surface area contributed by atoms with E-state index in [4.69, 9.17) is 0 Å².